The van der Waals surface area contributed by atoms with Gasteiger partial charge in [-0.2, -0.15) is 0 Å². The SMILES string of the molecule is CCCCCOCCN1CCOC(CNCC)C1. The largest absolute Gasteiger partial charge is 0.380 e. The van der Waals surface area contributed by atoms with Gasteiger partial charge in [-0.3, -0.25) is 4.90 Å². The minimum Gasteiger partial charge on any atom is -0.380 e. The second kappa shape index (κ2) is 10.7. The van der Waals surface area contributed by atoms with Gasteiger partial charge >= 0.3 is 0 Å². The van der Waals surface area contributed by atoms with Gasteiger partial charge in [0.1, 0.15) is 0 Å². The Morgan fingerprint density at radius 2 is 2.17 bits per heavy atom. The average molecular weight is 258 g/mol. The Labute approximate surface area is 112 Å². The number of ether oxygens (including phenoxy) is 2. The molecule has 0 spiro atoms. The van der Waals surface area contributed by atoms with Gasteiger partial charge in [0.15, 0.2) is 0 Å². The van der Waals surface area contributed by atoms with E-state index in [-0.39, 0.29) is 0 Å². The van der Waals surface area contributed by atoms with Crippen LogP contribution in [-0.4, -0.2) is 63.5 Å². The lowest BCUT2D eigenvalue weighted by Crippen LogP contribution is -2.47. The van der Waals surface area contributed by atoms with Crippen LogP contribution < -0.4 is 5.32 Å². The Balaban J connectivity index is 2.00. The molecule has 0 aromatic carbocycles. The van der Waals surface area contributed by atoms with Crippen molar-refractivity contribution in [2.24, 2.45) is 0 Å². The number of nitrogens with zero attached hydrogens (tertiary/aromatic N) is 1. The summed E-state index contributed by atoms with van der Waals surface area (Å²) in [5, 5.41) is 3.35. The average Bonchev–Trinajstić information content (AvgIpc) is 2.41. The van der Waals surface area contributed by atoms with E-state index in [2.05, 4.69) is 24.1 Å². The van der Waals surface area contributed by atoms with E-state index in [1.54, 1.807) is 0 Å². The van der Waals surface area contributed by atoms with E-state index in [0.717, 1.165) is 52.5 Å². The van der Waals surface area contributed by atoms with E-state index < -0.39 is 0 Å². The maximum absolute atomic E-state index is 5.72. The van der Waals surface area contributed by atoms with Gasteiger partial charge in [-0.05, 0) is 13.0 Å². The molecule has 0 radical (unpaired) electrons. The predicted octanol–water partition coefficient (Wildman–Crippen LogP) is 1.50. The minimum absolute atomic E-state index is 0.346. The Bertz CT molecular complexity index is 191. The summed E-state index contributed by atoms with van der Waals surface area (Å²) >= 11 is 0. The van der Waals surface area contributed by atoms with Crippen LogP contribution in [0.15, 0.2) is 0 Å². The van der Waals surface area contributed by atoms with Crippen molar-refractivity contribution in [3.05, 3.63) is 0 Å². The van der Waals surface area contributed by atoms with E-state index in [1.807, 2.05) is 0 Å². The van der Waals surface area contributed by atoms with Crippen molar-refractivity contribution in [3.8, 4) is 0 Å². The zero-order chi connectivity index (χ0) is 13.1. The van der Waals surface area contributed by atoms with Crippen molar-refractivity contribution >= 4 is 0 Å². The Morgan fingerprint density at radius 1 is 1.28 bits per heavy atom. The second-order valence-corrected chi connectivity index (χ2v) is 4.92. The Hall–Kier alpha value is -0.160. The van der Waals surface area contributed by atoms with Gasteiger partial charge in [0, 0.05) is 32.8 Å². The van der Waals surface area contributed by atoms with Gasteiger partial charge in [0.2, 0.25) is 0 Å². The monoisotopic (exact) mass is 258 g/mol. The van der Waals surface area contributed by atoms with Crippen LogP contribution in [-0.2, 0) is 9.47 Å². The molecule has 1 fully saturated rings. The molecule has 1 N–H and O–H groups in total. The highest BCUT2D eigenvalue weighted by atomic mass is 16.5. The van der Waals surface area contributed by atoms with Crippen LogP contribution in [0.4, 0.5) is 0 Å². The highest BCUT2D eigenvalue weighted by molar-refractivity contribution is 4.72. The van der Waals surface area contributed by atoms with E-state index in [0.29, 0.717) is 6.10 Å². The van der Waals surface area contributed by atoms with Crippen molar-refractivity contribution in [3.63, 3.8) is 0 Å². The van der Waals surface area contributed by atoms with Gasteiger partial charge in [-0.15, -0.1) is 0 Å². The summed E-state index contributed by atoms with van der Waals surface area (Å²) in [7, 11) is 0. The van der Waals surface area contributed by atoms with E-state index in [4.69, 9.17) is 9.47 Å². The molecule has 1 saturated heterocycles. The molecular formula is C14H30N2O2. The highest BCUT2D eigenvalue weighted by Crippen LogP contribution is 2.04. The van der Waals surface area contributed by atoms with Crippen molar-refractivity contribution in [2.75, 3.05) is 52.5 Å². The molecule has 0 bridgehead atoms. The molecule has 1 aliphatic heterocycles. The number of rotatable bonds is 10. The second-order valence-electron chi connectivity index (χ2n) is 4.92. The van der Waals surface area contributed by atoms with Crippen molar-refractivity contribution < 1.29 is 9.47 Å². The molecule has 0 aromatic heterocycles. The zero-order valence-electron chi connectivity index (χ0n) is 12.1. The van der Waals surface area contributed by atoms with Gasteiger partial charge < -0.3 is 14.8 Å². The number of likely N-dealkylation sites (N-methyl/N-ethyl adjacent to an activating group) is 1. The summed E-state index contributed by atoms with van der Waals surface area (Å²) in [6.07, 6.45) is 4.09. The molecule has 18 heavy (non-hydrogen) atoms. The molecule has 1 rings (SSSR count). The molecule has 0 saturated carbocycles. The molecule has 0 amide bonds. The van der Waals surface area contributed by atoms with Crippen LogP contribution in [0.1, 0.15) is 33.1 Å². The summed E-state index contributed by atoms with van der Waals surface area (Å²) in [4.78, 5) is 2.45. The Kier molecular flexibility index (Phi) is 9.48. The van der Waals surface area contributed by atoms with Crippen LogP contribution >= 0.6 is 0 Å². The fraction of sp³-hybridized carbons (Fsp3) is 1.00. The molecule has 0 aliphatic carbocycles. The summed E-state index contributed by atoms with van der Waals surface area (Å²) in [6.45, 7) is 12.1. The van der Waals surface area contributed by atoms with E-state index in [1.165, 1.54) is 19.3 Å². The fourth-order valence-corrected chi connectivity index (χ4v) is 2.16. The first-order valence-electron chi connectivity index (χ1n) is 7.49. The molecule has 1 aliphatic rings. The molecular weight excluding hydrogens is 228 g/mol. The first-order chi connectivity index (χ1) is 8.86. The number of morpholine rings is 1. The standard InChI is InChI=1S/C14H30N2O2/c1-3-5-6-9-17-10-7-16-8-11-18-14(13-16)12-15-4-2/h14-15H,3-13H2,1-2H3. The van der Waals surface area contributed by atoms with Crippen LogP contribution in [0.5, 0.6) is 0 Å². The maximum atomic E-state index is 5.72. The van der Waals surface area contributed by atoms with Crippen molar-refractivity contribution in [2.45, 2.75) is 39.2 Å². The third-order valence-corrected chi connectivity index (χ3v) is 3.29. The highest BCUT2D eigenvalue weighted by Gasteiger charge is 2.19. The topological polar surface area (TPSA) is 33.7 Å². The number of unbranched alkanes of at least 4 members (excludes halogenated alkanes) is 2. The summed E-state index contributed by atoms with van der Waals surface area (Å²) in [6, 6.07) is 0. The summed E-state index contributed by atoms with van der Waals surface area (Å²) in [5.41, 5.74) is 0. The maximum Gasteiger partial charge on any atom is 0.0826 e. The van der Waals surface area contributed by atoms with E-state index >= 15 is 0 Å². The van der Waals surface area contributed by atoms with Crippen LogP contribution in [0.2, 0.25) is 0 Å². The van der Waals surface area contributed by atoms with Crippen molar-refractivity contribution in [1.82, 2.24) is 10.2 Å². The molecule has 1 unspecified atom stereocenters. The molecule has 4 nitrogen and oxygen atoms in total. The van der Waals surface area contributed by atoms with Crippen LogP contribution in [0, 0.1) is 0 Å². The smallest absolute Gasteiger partial charge is 0.0826 e. The lowest BCUT2D eigenvalue weighted by Gasteiger charge is -2.32. The molecule has 0 aromatic rings. The summed E-state index contributed by atoms with van der Waals surface area (Å²) in [5.74, 6) is 0. The van der Waals surface area contributed by atoms with Gasteiger partial charge in [-0.25, -0.2) is 0 Å². The molecule has 1 heterocycles. The lowest BCUT2D eigenvalue weighted by atomic mass is 10.2. The molecule has 108 valence electrons. The van der Waals surface area contributed by atoms with Crippen LogP contribution in [0.25, 0.3) is 0 Å². The first kappa shape index (κ1) is 15.9. The Morgan fingerprint density at radius 3 is 2.94 bits per heavy atom. The minimum atomic E-state index is 0.346. The first-order valence-corrected chi connectivity index (χ1v) is 7.49. The molecule has 4 heteroatoms. The predicted molar refractivity (Wildman–Crippen MR) is 75.1 cm³/mol. The summed E-state index contributed by atoms with van der Waals surface area (Å²) < 4.78 is 11.4. The third-order valence-electron chi connectivity index (χ3n) is 3.29. The van der Waals surface area contributed by atoms with Crippen molar-refractivity contribution in [1.29, 1.82) is 0 Å². The molecule has 1 atom stereocenters. The van der Waals surface area contributed by atoms with Gasteiger partial charge in [0.25, 0.3) is 0 Å². The third kappa shape index (κ3) is 7.31. The van der Waals surface area contributed by atoms with Gasteiger partial charge in [-0.1, -0.05) is 26.7 Å². The zero-order valence-corrected chi connectivity index (χ0v) is 12.1. The number of nitrogens with one attached hydrogen (secondary N) is 1. The fourth-order valence-electron chi connectivity index (χ4n) is 2.16. The number of hydrogen-bond acceptors (Lipinski definition) is 4. The lowest BCUT2D eigenvalue weighted by molar-refractivity contribution is -0.0347. The van der Waals surface area contributed by atoms with E-state index in [9.17, 15) is 0 Å². The van der Waals surface area contributed by atoms with Gasteiger partial charge in [0.05, 0.1) is 19.3 Å². The number of hydrogen-bond donors (Lipinski definition) is 1. The van der Waals surface area contributed by atoms with Crippen LogP contribution in [0.3, 0.4) is 0 Å². The normalized spacial score (nSPS) is 21.3. The quantitative estimate of drug-likeness (QED) is 0.602.